The van der Waals surface area contributed by atoms with Gasteiger partial charge in [0.2, 0.25) is 0 Å². The molecule has 1 unspecified atom stereocenters. The molecule has 2 heteroatoms. The molecule has 0 N–H and O–H groups in total. The Morgan fingerprint density at radius 1 is 0.857 bits per heavy atom. The minimum absolute atomic E-state index is 0.576. The van der Waals surface area contributed by atoms with Crippen molar-refractivity contribution in [2.24, 2.45) is 0 Å². The lowest BCUT2D eigenvalue weighted by Crippen LogP contribution is -2.29. The quantitative estimate of drug-likeness (QED) is 0.421. The highest BCUT2D eigenvalue weighted by Crippen LogP contribution is 2.34. The number of benzene rings is 3. The SMILES string of the molecule is CC(C)c1ccc(-c2cccc(SN3CCCC(c4ccccc4)C3)c2)cc1. The van der Waals surface area contributed by atoms with Gasteiger partial charge < -0.3 is 0 Å². The smallest absolute Gasteiger partial charge is 0.0236 e. The van der Waals surface area contributed by atoms with Gasteiger partial charge in [-0.05, 0) is 71.0 Å². The summed E-state index contributed by atoms with van der Waals surface area (Å²) in [6, 6.07) is 29.0. The predicted molar refractivity (Wildman–Crippen MR) is 122 cm³/mol. The monoisotopic (exact) mass is 387 g/mol. The largest absolute Gasteiger partial charge is 0.246 e. The zero-order valence-electron chi connectivity index (χ0n) is 16.8. The van der Waals surface area contributed by atoms with Gasteiger partial charge in [-0.15, -0.1) is 0 Å². The molecule has 0 amide bonds. The first-order chi connectivity index (χ1) is 13.7. The van der Waals surface area contributed by atoms with Crippen molar-refractivity contribution >= 4 is 11.9 Å². The molecule has 3 aromatic carbocycles. The summed E-state index contributed by atoms with van der Waals surface area (Å²) in [5.74, 6) is 1.22. The number of hydrogen-bond acceptors (Lipinski definition) is 2. The van der Waals surface area contributed by atoms with E-state index in [1.807, 2.05) is 11.9 Å². The molecule has 1 saturated heterocycles. The Labute approximate surface area is 173 Å². The highest BCUT2D eigenvalue weighted by molar-refractivity contribution is 7.97. The second-order valence-electron chi connectivity index (χ2n) is 8.03. The van der Waals surface area contributed by atoms with Crippen molar-refractivity contribution in [3.8, 4) is 11.1 Å². The first kappa shape index (κ1) is 19.3. The van der Waals surface area contributed by atoms with Gasteiger partial charge >= 0.3 is 0 Å². The maximum atomic E-state index is 2.54. The third-order valence-corrected chi connectivity index (χ3v) is 6.69. The summed E-state index contributed by atoms with van der Waals surface area (Å²) in [5.41, 5.74) is 5.48. The molecule has 0 saturated carbocycles. The van der Waals surface area contributed by atoms with E-state index in [1.54, 1.807) is 0 Å². The van der Waals surface area contributed by atoms with Gasteiger partial charge in [0.25, 0.3) is 0 Å². The van der Waals surface area contributed by atoms with Crippen LogP contribution in [-0.4, -0.2) is 17.4 Å². The lowest BCUT2D eigenvalue weighted by Gasteiger charge is -2.32. The van der Waals surface area contributed by atoms with E-state index >= 15 is 0 Å². The van der Waals surface area contributed by atoms with Gasteiger partial charge in [0.15, 0.2) is 0 Å². The van der Waals surface area contributed by atoms with Crippen molar-refractivity contribution in [2.75, 3.05) is 13.1 Å². The highest BCUT2D eigenvalue weighted by atomic mass is 32.2. The highest BCUT2D eigenvalue weighted by Gasteiger charge is 2.22. The third-order valence-electron chi connectivity index (χ3n) is 5.63. The summed E-state index contributed by atoms with van der Waals surface area (Å²) in [6.07, 6.45) is 2.56. The number of hydrogen-bond donors (Lipinski definition) is 0. The standard InChI is InChI=1S/C26H29NS/c1-20(2)21-13-15-23(16-14-21)24-10-6-12-26(18-24)28-27-17-7-11-25(19-27)22-8-4-3-5-9-22/h3-6,8-10,12-16,18,20,25H,7,11,17,19H2,1-2H3. The first-order valence-electron chi connectivity index (χ1n) is 10.4. The van der Waals surface area contributed by atoms with E-state index in [9.17, 15) is 0 Å². The van der Waals surface area contributed by atoms with Gasteiger partial charge in [0, 0.05) is 18.0 Å². The molecular weight excluding hydrogens is 358 g/mol. The van der Waals surface area contributed by atoms with Gasteiger partial charge in [0.05, 0.1) is 0 Å². The lowest BCUT2D eigenvalue weighted by molar-refractivity contribution is 0.342. The predicted octanol–water partition coefficient (Wildman–Crippen LogP) is 7.36. The number of rotatable bonds is 5. The Hall–Kier alpha value is -2.03. The zero-order chi connectivity index (χ0) is 19.3. The van der Waals surface area contributed by atoms with Crippen LogP contribution in [0, 0.1) is 0 Å². The van der Waals surface area contributed by atoms with E-state index in [4.69, 9.17) is 0 Å². The van der Waals surface area contributed by atoms with Crippen molar-refractivity contribution in [1.82, 2.24) is 4.31 Å². The molecule has 0 aliphatic carbocycles. The molecule has 28 heavy (non-hydrogen) atoms. The summed E-state index contributed by atoms with van der Waals surface area (Å²) in [5, 5.41) is 0. The maximum absolute atomic E-state index is 2.54. The fourth-order valence-corrected chi connectivity index (χ4v) is 5.06. The molecule has 0 aromatic heterocycles. The van der Waals surface area contributed by atoms with Crippen molar-refractivity contribution in [3.05, 3.63) is 90.0 Å². The van der Waals surface area contributed by atoms with Crippen molar-refractivity contribution < 1.29 is 0 Å². The van der Waals surface area contributed by atoms with Crippen LogP contribution in [0.2, 0.25) is 0 Å². The summed E-state index contributed by atoms with van der Waals surface area (Å²) < 4.78 is 2.54. The number of piperidine rings is 1. The van der Waals surface area contributed by atoms with Crippen LogP contribution >= 0.6 is 11.9 Å². The van der Waals surface area contributed by atoms with Crippen LogP contribution in [0.1, 0.15) is 49.7 Å². The maximum Gasteiger partial charge on any atom is 0.0236 e. The topological polar surface area (TPSA) is 3.24 Å². The summed E-state index contributed by atoms with van der Waals surface area (Å²) in [4.78, 5) is 1.33. The molecule has 1 heterocycles. The van der Waals surface area contributed by atoms with Gasteiger partial charge in [0.1, 0.15) is 0 Å². The second-order valence-corrected chi connectivity index (χ2v) is 9.20. The van der Waals surface area contributed by atoms with Crippen LogP contribution in [0.4, 0.5) is 0 Å². The first-order valence-corrected chi connectivity index (χ1v) is 11.1. The molecule has 4 rings (SSSR count). The fraction of sp³-hybridized carbons (Fsp3) is 0.308. The summed E-state index contributed by atoms with van der Waals surface area (Å²) in [6.45, 7) is 6.78. The molecular formula is C26H29NS. The molecule has 0 bridgehead atoms. The Morgan fingerprint density at radius 3 is 2.39 bits per heavy atom. The Kier molecular flexibility index (Phi) is 6.19. The normalized spacial score (nSPS) is 17.8. The van der Waals surface area contributed by atoms with Gasteiger partial charge in [-0.25, -0.2) is 4.31 Å². The average molecular weight is 388 g/mol. The average Bonchev–Trinajstić information content (AvgIpc) is 2.75. The Balaban J connectivity index is 1.46. The van der Waals surface area contributed by atoms with E-state index in [2.05, 4.69) is 97.0 Å². The number of nitrogens with zero attached hydrogens (tertiary/aromatic N) is 1. The molecule has 1 fully saturated rings. The van der Waals surface area contributed by atoms with Gasteiger partial charge in [-0.1, -0.05) is 80.6 Å². The summed E-state index contributed by atoms with van der Waals surface area (Å²) >= 11 is 1.91. The Morgan fingerprint density at radius 2 is 1.64 bits per heavy atom. The fourth-order valence-electron chi connectivity index (χ4n) is 3.96. The van der Waals surface area contributed by atoms with Crippen molar-refractivity contribution in [1.29, 1.82) is 0 Å². The molecule has 1 atom stereocenters. The van der Waals surface area contributed by atoms with Crippen molar-refractivity contribution in [2.45, 2.75) is 43.4 Å². The molecule has 1 aliphatic rings. The van der Waals surface area contributed by atoms with Gasteiger partial charge in [-0.2, -0.15) is 0 Å². The molecule has 1 nitrogen and oxygen atoms in total. The van der Waals surface area contributed by atoms with Crippen LogP contribution in [0.15, 0.2) is 83.8 Å². The Bertz CT molecular complexity index is 886. The van der Waals surface area contributed by atoms with Crippen LogP contribution in [0.3, 0.4) is 0 Å². The molecule has 3 aromatic rings. The minimum Gasteiger partial charge on any atom is -0.246 e. The van der Waals surface area contributed by atoms with E-state index in [0.29, 0.717) is 11.8 Å². The van der Waals surface area contributed by atoms with Crippen LogP contribution < -0.4 is 0 Å². The van der Waals surface area contributed by atoms with Crippen molar-refractivity contribution in [3.63, 3.8) is 0 Å². The van der Waals surface area contributed by atoms with E-state index in [0.717, 1.165) is 6.54 Å². The second kappa shape index (κ2) is 8.98. The third kappa shape index (κ3) is 4.68. The zero-order valence-corrected chi connectivity index (χ0v) is 17.7. The van der Waals surface area contributed by atoms with Crippen LogP contribution in [-0.2, 0) is 0 Å². The molecule has 1 aliphatic heterocycles. The molecule has 0 spiro atoms. The molecule has 0 radical (unpaired) electrons. The van der Waals surface area contributed by atoms with Crippen LogP contribution in [0.25, 0.3) is 11.1 Å². The van der Waals surface area contributed by atoms with Gasteiger partial charge in [-0.3, -0.25) is 0 Å². The van der Waals surface area contributed by atoms with E-state index < -0.39 is 0 Å². The van der Waals surface area contributed by atoms with E-state index in [1.165, 1.54) is 46.5 Å². The lowest BCUT2D eigenvalue weighted by atomic mass is 9.92. The van der Waals surface area contributed by atoms with E-state index in [-0.39, 0.29) is 0 Å². The molecule has 144 valence electrons. The minimum atomic E-state index is 0.576. The summed E-state index contributed by atoms with van der Waals surface area (Å²) in [7, 11) is 0. The van der Waals surface area contributed by atoms with Crippen LogP contribution in [0.5, 0.6) is 0 Å².